The molecule has 0 bridgehead atoms. The van der Waals surface area contributed by atoms with E-state index in [1.165, 1.54) is 21.3 Å². The first-order valence-corrected chi connectivity index (χ1v) is 5.41. The second-order valence-electron chi connectivity index (χ2n) is 4.44. The zero-order chi connectivity index (χ0) is 12.4. The van der Waals surface area contributed by atoms with Crippen LogP contribution in [0.5, 0.6) is 0 Å². The average molecular weight is 245 g/mol. The van der Waals surface area contributed by atoms with Gasteiger partial charge in [0.25, 0.3) is 0 Å². The first-order valence-electron chi connectivity index (χ1n) is 5.41. The monoisotopic (exact) mass is 245 g/mol. The quantitative estimate of drug-likeness (QED) is 0.469. The van der Waals surface area contributed by atoms with Crippen LogP contribution in [-0.2, 0) is 23.7 Å². The molecule has 0 aromatic heterocycles. The number of hydrogen-bond donors (Lipinski definition) is 1. The highest BCUT2D eigenvalue weighted by atomic mass is 16.8. The molecule has 7 atom stereocenters. The van der Waals surface area contributed by atoms with E-state index >= 15 is 0 Å². The van der Waals surface area contributed by atoms with Gasteiger partial charge in [0.2, 0.25) is 5.79 Å². The molecule has 1 N–H and O–H groups in total. The smallest absolute Gasteiger partial charge is 0.326 e. The van der Waals surface area contributed by atoms with Gasteiger partial charge in [-0.3, -0.25) is 9.69 Å². The molecule has 96 valence electrons. The number of carbonyl (C=O) groups excluding carboxylic acids is 1. The van der Waals surface area contributed by atoms with Crippen LogP contribution in [0.2, 0.25) is 0 Å². The molecule has 3 aliphatic rings. The van der Waals surface area contributed by atoms with Crippen LogP contribution in [0, 0.1) is 0 Å². The van der Waals surface area contributed by atoms with Crippen molar-refractivity contribution in [2.45, 2.75) is 36.3 Å². The van der Waals surface area contributed by atoms with Gasteiger partial charge in [-0.25, -0.2) is 0 Å². The van der Waals surface area contributed by atoms with E-state index in [1.54, 1.807) is 0 Å². The van der Waals surface area contributed by atoms with Gasteiger partial charge in [-0.2, -0.15) is 0 Å². The van der Waals surface area contributed by atoms with E-state index in [0.717, 1.165) is 0 Å². The summed E-state index contributed by atoms with van der Waals surface area (Å²) in [7, 11) is 4.27. The van der Waals surface area contributed by atoms with Crippen molar-refractivity contribution >= 4 is 5.97 Å². The maximum Gasteiger partial charge on any atom is 0.326 e. The summed E-state index contributed by atoms with van der Waals surface area (Å²) in [5.74, 6) is -1.66. The molecule has 0 saturated carbocycles. The average Bonchev–Trinajstić information content (AvgIpc) is 2.91. The lowest BCUT2D eigenvalue weighted by atomic mass is 10.0. The van der Waals surface area contributed by atoms with E-state index < -0.39 is 30.2 Å². The highest BCUT2D eigenvalue weighted by Crippen LogP contribution is 2.59. The number of aliphatic hydroxyl groups excluding tert-OH is 1. The Kier molecular flexibility index (Phi) is 2.27. The molecule has 0 aromatic carbocycles. The van der Waals surface area contributed by atoms with Crippen LogP contribution in [-0.4, -0.2) is 73.6 Å². The van der Waals surface area contributed by atoms with Gasteiger partial charge in [0.05, 0.1) is 19.2 Å². The predicted molar refractivity (Wildman–Crippen MR) is 52.8 cm³/mol. The number of fused-ring (bicyclic) bond motifs is 1. The zero-order valence-electron chi connectivity index (χ0n) is 9.82. The van der Waals surface area contributed by atoms with Gasteiger partial charge in [-0.1, -0.05) is 0 Å². The van der Waals surface area contributed by atoms with Gasteiger partial charge in [-0.15, -0.1) is 0 Å². The Balaban J connectivity index is 1.94. The van der Waals surface area contributed by atoms with Crippen LogP contribution >= 0.6 is 0 Å². The third kappa shape index (κ3) is 1.11. The molecule has 0 radical (unpaired) electrons. The fraction of sp³-hybridized carbons (Fsp3) is 0.900. The van der Waals surface area contributed by atoms with Crippen LogP contribution in [0.1, 0.15) is 0 Å². The lowest BCUT2D eigenvalue weighted by Crippen LogP contribution is -2.51. The second kappa shape index (κ2) is 3.39. The maximum absolute atomic E-state index is 11.7. The van der Waals surface area contributed by atoms with E-state index in [9.17, 15) is 9.90 Å². The Morgan fingerprint density at radius 2 is 2.12 bits per heavy atom. The van der Waals surface area contributed by atoms with Gasteiger partial charge in [-0.05, 0) is 0 Å². The van der Waals surface area contributed by atoms with Crippen LogP contribution in [0.4, 0.5) is 0 Å². The van der Waals surface area contributed by atoms with Crippen molar-refractivity contribution < 1.29 is 28.8 Å². The Bertz CT molecular complexity index is 363. The molecule has 3 heterocycles. The number of esters is 1. The number of nitrogens with zero attached hydrogens (tertiary/aromatic N) is 1. The summed E-state index contributed by atoms with van der Waals surface area (Å²) >= 11 is 0. The highest BCUT2D eigenvalue weighted by Gasteiger charge is 2.83. The molecule has 3 fully saturated rings. The molecule has 0 aromatic rings. The number of morpholine rings is 1. The molecule has 3 rings (SSSR count). The number of carbonyl (C=O) groups is 1. The van der Waals surface area contributed by atoms with E-state index in [0.29, 0.717) is 0 Å². The molecule has 3 aliphatic heterocycles. The van der Waals surface area contributed by atoms with Gasteiger partial charge < -0.3 is 24.1 Å². The third-order valence-electron chi connectivity index (χ3n) is 3.92. The topological polar surface area (TPSA) is 77.2 Å². The fourth-order valence-electron chi connectivity index (χ4n) is 3.16. The highest BCUT2D eigenvalue weighted by molar-refractivity contribution is 5.79. The molecule has 17 heavy (non-hydrogen) atoms. The van der Waals surface area contributed by atoms with Crippen LogP contribution in [0.25, 0.3) is 0 Å². The normalized spacial score (nSPS) is 54.6. The van der Waals surface area contributed by atoms with Gasteiger partial charge in [0, 0.05) is 14.2 Å². The minimum absolute atomic E-state index is 0.0487. The van der Waals surface area contributed by atoms with Crippen molar-refractivity contribution in [2.24, 2.45) is 0 Å². The molecule has 1 unspecified atom stereocenters. The summed E-state index contributed by atoms with van der Waals surface area (Å²) < 4.78 is 20.8. The summed E-state index contributed by atoms with van der Waals surface area (Å²) in [6.45, 7) is 0. The number of hydrogen-bond acceptors (Lipinski definition) is 7. The summed E-state index contributed by atoms with van der Waals surface area (Å²) in [6, 6.07) is -0.931. The lowest BCUT2D eigenvalue weighted by Gasteiger charge is -2.29. The molecule has 7 nitrogen and oxygen atoms in total. The van der Waals surface area contributed by atoms with Crippen LogP contribution in [0.15, 0.2) is 0 Å². The molecular formula is C10H15NO6. The molecule has 0 amide bonds. The van der Waals surface area contributed by atoms with Crippen LogP contribution in [0.3, 0.4) is 0 Å². The zero-order valence-corrected chi connectivity index (χ0v) is 9.82. The van der Waals surface area contributed by atoms with E-state index in [2.05, 4.69) is 0 Å². The van der Waals surface area contributed by atoms with Crippen molar-refractivity contribution in [3.8, 4) is 0 Å². The second-order valence-corrected chi connectivity index (χ2v) is 4.44. The minimum atomic E-state index is -1.18. The number of ether oxygens (including phenoxy) is 4. The standard InChI is InChI=1S/C10H15NO6/c1-14-8(13)5-7(12)10(16-3)6-4(11(5)6)9(15-2)17-10/h4-7,9,12H,1-3H3/t4-,5-,6-,7-,9-,10-,11?/m1/s1. The van der Waals surface area contributed by atoms with Crippen molar-refractivity contribution in [1.29, 1.82) is 0 Å². The molecular weight excluding hydrogens is 230 g/mol. The van der Waals surface area contributed by atoms with Crippen LogP contribution < -0.4 is 0 Å². The predicted octanol–water partition coefficient (Wildman–Crippen LogP) is -1.70. The van der Waals surface area contributed by atoms with Gasteiger partial charge >= 0.3 is 5.97 Å². The summed E-state index contributed by atoms with van der Waals surface area (Å²) in [4.78, 5) is 13.5. The Hall–Kier alpha value is -0.730. The Morgan fingerprint density at radius 3 is 2.59 bits per heavy atom. The first-order chi connectivity index (χ1) is 8.12. The van der Waals surface area contributed by atoms with Crippen molar-refractivity contribution in [3.63, 3.8) is 0 Å². The Labute approximate surface area is 98.2 Å². The van der Waals surface area contributed by atoms with E-state index in [4.69, 9.17) is 18.9 Å². The molecule has 7 heteroatoms. The largest absolute Gasteiger partial charge is 0.468 e. The summed E-state index contributed by atoms with van der Waals surface area (Å²) in [5, 5.41) is 10.2. The molecule has 0 spiro atoms. The number of methoxy groups -OCH3 is 3. The summed E-state index contributed by atoms with van der Waals surface area (Å²) in [6.07, 6.45) is -1.55. The third-order valence-corrected chi connectivity index (χ3v) is 3.92. The van der Waals surface area contributed by atoms with Crippen molar-refractivity contribution in [1.82, 2.24) is 4.90 Å². The SMILES string of the molecule is COC(=O)[C@H]1[C@@H](O)[C@]2(OC)O[C@@H](OC)[C@H]3[C@H]2N31. The molecule has 3 saturated heterocycles. The van der Waals surface area contributed by atoms with E-state index in [-0.39, 0.29) is 12.1 Å². The van der Waals surface area contributed by atoms with E-state index in [1.807, 2.05) is 4.90 Å². The van der Waals surface area contributed by atoms with Gasteiger partial charge in [0.15, 0.2) is 6.29 Å². The Morgan fingerprint density at radius 1 is 1.41 bits per heavy atom. The number of piperidine rings is 1. The lowest BCUT2D eigenvalue weighted by molar-refractivity contribution is -0.292. The fourth-order valence-corrected chi connectivity index (χ4v) is 3.16. The first kappa shape index (κ1) is 11.4. The number of rotatable bonds is 3. The van der Waals surface area contributed by atoms with Crippen molar-refractivity contribution in [3.05, 3.63) is 0 Å². The molecule has 0 aliphatic carbocycles. The van der Waals surface area contributed by atoms with Gasteiger partial charge in [0.1, 0.15) is 12.1 Å². The maximum atomic E-state index is 11.7. The minimum Gasteiger partial charge on any atom is -0.468 e. The van der Waals surface area contributed by atoms with Crippen molar-refractivity contribution in [2.75, 3.05) is 21.3 Å². The summed E-state index contributed by atoms with van der Waals surface area (Å²) in [5.41, 5.74) is 0. The number of aliphatic hydroxyl groups is 1.